The molecule has 94 valence electrons. The van der Waals surface area contributed by atoms with E-state index in [2.05, 4.69) is 17.7 Å². The normalized spacial score (nSPS) is 19.1. The van der Waals surface area contributed by atoms with E-state index in [0.717, 1.165) is 31.8 Å². The third-order valence-electron chi connectivity index (χ3n) is 3.22. The minimum absolute atomic E-state index is 0.0337. The van der Waals surface area contributed by atoms with E-state index in [0.29, 0.717) is 6.54 Å². The second kappa shape index (κ2) is 5.05. The third-order valence-corrected chi connectivity index (χ3v) is 3.89. The molecule has 2 heterocycles. The molecule has 0 aliphatic carbocycles. The summed E-state index contributed by atoms with van der Waals surface area (Å²) in [5.41, 5.74) is 0.0766. The fourth-order valence-electron chi connectivity index (χ4n) is 2.05. The number of hydrogen-bond donors (Lipinski definition) is 1. The molecule has 0 bridgehead atoms. The Labute approximate surface area is 105 Å². The van der Waals surface area contributed by atoms with E-state index in [1.807, 2.05) is 0 Å². The van der Waals surface area contributed by atoms with Gasteiger partial charge in [0.1, 0.15) is 12.4 Å². The largest absolute Gasteiger partial charge is 0.381 e. The number of thiol groups is 1. The van der Waals surface area contributed by atoms with Crippen LogP contribution in [-0.2, 0) is 11.3 Å². The summed E-state index contributed by atoms with van der Waals surface area (Å²) in [6.45, 7) is 2.11. The second-order valence-electron chi connectivity index (χ2n) is 4.42. The minimum Gasteiger partial charge on any atom is -0.381 e. The highest BCUT2D eigenvalue weighted by Crippen LogP contribution is 2.33. The summed E-state index contributed by atoms with van der Waals surface area (Å²) in [7, 11) is 0. The monoisotopic (exact) mass is 257 g/mol. The van der Waals surface area contributed by atoms with E-state index in [1.165, 1.54) is 12.4 Å². The first kappa shape index (κ1) is 12.4. The number of rotatable bonds is 4. The van der Waals surface area contributed by atoms with Crippen LogP contribution in [0.5, 0.6) is 0 Å². The van der Waals surface area contributed by atoms with Crippen molar-refractivity contribution in [1.82, 2.24) is 9.78 Å². The average Bonchev–Trinajstić information content (AvgIpc) is 2.79. The SMILES string of the molecule is O=[N+]([O-])c1cnn(CC2(CS)CCOCC2)c1. The molecule has 1 aliphatic heterocycles. The quantitative estimate of drug-likeness (QED) is 0.504. The lowest BCUT2D eigenvalue weighted by Gasteiger charge is -2.35. The Morgan fingerprint density at radius 2 is 2.29 bits per heavy atom. The first-order valence-corrected chi connectivity index (χ1v) is 6.14. The number of aromatic nitrogens is 2. The molecule has 1 aromatic rings. The summed E-state index contributed by atoms with van der Waals surface area (Å²) < 4.78 is 6.97. The van der Waals surface area contributed by atoms with Gasteiger partial charge in [-0.15, -0.1) is 0 Å². The van der Waals surface area contributed by atoms with Crippen molar-refractivity contribution in [1.29, 1.82) is 0 Å². The molecule has 0 amide bonds. The zero-order chi connectivity index (χ0) is 12.3. The molecule has 17 heavy (non-hydrogen) atoms. The highest BCUT2D eigenvalue weighted by molar-refractivity contribution is 7.80. The van der Waals surface area contributed by atoms with Gasteiger partial charge in [-0.2, -0.15) is 17.7 Å². The number of nitrogens with zero attached hydrogens (tertiary/aromatic N) is 3. The topological polar surface area (TPSA) is 70.2 Å². The summed E-state index contributed by atoms with van der Waals surface area (Å²) in [5.74, 6) is 0.740. The van der Waals surface area contributed by atoms with Crippen LogP contribution in [0.25, 0.3) is 0 Å². The van der Waals surface area contributed by atoms with Gasteiger partial charge in [-0.05, 0) is 18.6 Å². The van der Waals surface area contributed by atoms with Crippen LogP contribution in [0, 0.1) is 15.5 Å². The molecule has 2 rings (SSSR count). The average molecular weight is 257 g/mol. The molecule has 7 heteroatoms. The Kier molecular flexibility index (Phi) is 3.68. The fraction of sp³-hybridized carbons (Fsp3) is 0.700. The summed E-state index contributed by atoms with van der Waals surface area (Å²) >= 11 is 4.40. The summed E-state index contributed by atoms with van der Waals surface area (Å²) in [6.07, 6.45) is 4.60. The van der Waals surface area contributed by atoms with Gasteiger partial charge in [-0.1, -0.05) is 0 Å². The highest BCUT2D eigenvalue weighted by Gasteiger charge is 2.32. The molecular weight excluding hydrogens is 242 g/mol. The van der Waals surface area contributed by atoms with E-state index in [1.54, 1.807) is 4.68 Å². The number of nitro groups is 1. The van der Waals surface area contributed by atoms with Crippen LogP contribution in [0.4, 0.5) is 5.69 Å². The van der Waals surface area contributed by atoms with Crippen molar-refractivity contribution in [2.24, 2.45) is 5.41 Å². The van der Waals surface area contributed by atoms with Crippen LogP contribution in [-0.4, -0.2) is 33.7 Å². The fourth-order valence-corrected chi connectivity index (χ4v) is 2.46. The van der Waals surface area contributed by atoms with E-state index in [4.69, 9.17) is 4.74 Å². The molecule has 1 aromatic heterocycles. The summed E-state index contributed by atoms with van der Waals surface area (Å²) in [6, 6.07) is 0. The van der Waals surface area contributed by atoms with Gasteiger partial charge >= 0.3 is 5.69 Å². The molecule has 0 unspecified atom stereocenters. The molecule has 0 saturated carbocycles. The van der Waals surface area contributed by atoms with Crippen LogP contribution in [0.2, 0.25) is 0 Å². The lowest BCUT2D eigenvalue weighted by atomic mass is 9.82. The Morgan fingerprint density at radius 3 is 2.82 bits per heavy atom. The van der Waals surface area contributed by atoms with Crippen LogP contribution in [0.3, 0.4) is 0 Å². The molecule has 0 atom stereocenters. The smallest absolute Gasteiger partial charge is 0.306 e. The van der Waals surface area contributed by atoms with Gasteiger partial charge in [0.25, 0.3) is 0 Å². The first-order valence-electron chi connectivity index (χ1n) is 5.51. The number of hydrogen-bond acceptors (Lipinski definition) is 5. The molecule has 6 nitrogen and oxygen atoms in total. The molecule has 1 fully saturated rings. The second-order valence-corrected chi connectivity index (χ2v) is 4.74. The molecule has 1 saturated heterocycles. The summed E-state index contributed by atoms with van der Waals surface area (Å²) in [4.78, 5) is 10.1. The zero-order valence-corrected chi connectivity index (χ0v) is 10.3. The van der Waals surface area contributed by atoms with Crippen molar-refractivity contribution in [3.8, 4) is 0 Å². The number of ether oxygens (including phenoxy) is 1. The Hall–Kier alpha value is -1.08. The van der Waals surface area contributed by atoms with Crippen LogP contribution in [0.1, 0.15) is 12.8 Å². The molecule has 0 N–H and O–H groups in total. The standard InChI is InChI=1S/C10H15N3O3S/c14-13(15)9-5-11-12(6-9)7-10(8-17)1-3-16-4-2-10/h5-6,17H,1-4,7-8H2. The van der Waals surface area contributed by atoms with Gasteiger partial charge in [0.2, 0.25) is 0 Å². The van der Waals surface area contributed by atoms with E-state index < -0.39 is 4.92 Å². The summed E-state index contributed by atoms with van der Waals surface area (Å²) in [5, 5.41) is 14.6. The van der Waals surface area contributed by atoms with Crippen molar-refractivity contribution in [2.45, 2.75) is 19.4 Å². The van der Waals surface area contributed by atoms with Crippen LogP contribution in [0.15, 0.2) is 12.4 Å². The van der Waals surface area contributed by atoms with Crippen molar-refractivity contribution in [3.63, 3.8) is 0 Å². The first-order chi connectivity index (χ1) is 8.15. The zero-order valence-electron chi connectivity index (χ0n) is 9.41. The minimum atomic E-state index is -0.430. The molecular formula is C10H15N3O3S. The Bertz CT molecular complexity index is 401. The van der Waals surface area contributed by atoms with Crippen LogP contribution < -0.4 is 0 Å². The van der Waals surface area contributed by atoms with E-state index >= 15 is 0 Å². The molecule has 1 aliphatic rings. The maximum Gasteiger partial charge on any atom is 0.306 e. The highest BCUT2D eigenvalue weighted by atomic mass is 32.1. The van der Waals surface area contributed by atoms with Gasteiger partial charge < -0.3 is 4.74 Å². The van der Waals surface area contributed by atoms with Crippen molar-refractivity contribution >= 4 is 18.3 Å². The van der Waals surface area contributed by atoms with Gasteiger partial charge in [0, 0.05) is 25.2 Å². The Balaban J connectivity index is 2.09. The van der Waals surface area contributed by atoms with Gasteiger partial charge in [-0.25, -0.2) is 0 Å². The Morgan fingerprint density at radius 1 is 1.59 bits per heavy atom. The maximum atomic E-state index is 10.6. The lowest BCUT2D eigenvalue weighted by molar-refractivity contribution is -0.385. The van der Waals surface area contributed by atoms with E-state index in [-0.39, 0.29) is 11.1 Å². The van der Waals surface area contributed by atoms with Crippen molar-refractivity contribution in [3.05, 3.63) is 22.5 Å². The van der Waals surface area contributed by atoms with E-state index in [9.17, 15) is 10.1 Å². The van der Waals surface area contributed by atoms with Crippen LogP contribution >= 0.6 is 12.6 Å². The lowest BCUT2D eigenvalue weighted by Crippen LogP contribution is -2.35. The van der Waals surface area contributed by atoms with Crippen molar-refractivity contribution in [2.75, 3.05) is 19.0 Å². The maximum absolute atomic E-state index is 10.6. The molecule has 0 spiro atoms. The van der Waals surface area contributed by atoms with Gasteiger partial charge in [-0.3, -0.25) is 14.8 Å². The van der Waals surface area contributed by atoms with Gasteiger partial charge in [0.05, 0.1) is 4.92 Å². The predicted octanol–water partition coefficient (Wildman–Crippen LogP) is 1.52. The predicted molar refractivity (Wildman–Crippen MR) is 65.2 cm³/mol. The molecule has 0 radical (unpaired) electrons. The van der Waals surface area contributed by atoms with Gasteiger partial charge in [0.15, 0.2) is 0 Å². The third kappa shape index (κ3) is 2.78. The molecule has 0 aromatic carbocycles. The van der Waals surface area contributed by atoms with Crippen molar-refractivity contribution < 1.29 is 9.66 Å².